The maximum absolute atomic E-state index is 12.9. The minimum atomic E-state index is -0.552. The molecule has 0 bridgehead atoms. The molecule has 10 nitrogen and oxygen atoms in total. The van der Waals surface area contributed by atoms with Gasteiger partial charge in [0.2, 0.25) is 5.91 Å². The molecule has 1 aliphatic carbocycles. The van der Waals surface area contributed by atoms with Crippen molar-refractivity contribution in [2.75, 3.05) is 17.7 Å². The van der Waals surface area contributed by atoms with Crippen LogP contribution >= 0.6 is 11.3 Å². The number of aromatic nitrogens is 3. The van der Waals surface area contributed by atoms with Crippen LogP contribution in [0.4, 0.5) is 17.2 Å². The summed E-state index contributed by atoms with van der Waals surface area (Å²) < 4.78 is 1.40. The number of rotatable bonds is 7. The highest BCUT2D eigenvalue weighted by molar-refractivity contribution is 7.12. The molecule has 0 atom stereocenters. The van der Waals surface area contributed by atoms with E-state index in [1.54, 1.807) is 29.9 Å². The zero-order valence-electron chi connectivity index (χ0n) is 15.9. The minimum Gasteiger partial charge on any atom is -0.350 e. The number of pyridine rings is 2. The van der Waals surface area contributed by atoms with Crippen molar-refractivity contribution in [2.24, 2.45) is 5.92 Å². The zero-order valence-corrected chi connectivity index (χ0v) is 16.7. The third kappa shape index (κ3) is 4.21. The molecule has 4 rings (SSSR count). The molecule has 1 saturated carbocycles. The lowest BCUT2D eigenvalue weighted by atomic mass is 10.2. The number of carbonyl (C=O) groups is 2. The fourth-order valence-corrected chi connectivity index (χ4v) is 3.37. The predicted octanol–water partition coefficient (Wildman–Crippen LogP) is 2.07. The Labute approximate surface area is 174 Å². The number of hydrogen-bond donors (Lipinski definition) is 3. The van der Waals surface area contributed by atoms with Crippen LogP contribution in [-0.4, -0.2) is 33.5 Å². The van der Waals surface area contributed by atoms with Gasteiger partial charge in [0.25, 0.3) is 11.5 Å². The van der Waals surface area contributed by atoms with E-state index < -0.39 is 5.91 Å². The highest BCUT2D eigenvalue weighted by atomic mass is 32.1. The summed E-state index contributed by atoms with van der Waals surface area (Å²) in [6.45, 7) is 0. The van der Waals surface area contributed by atoms with E-state index in [1.807, 2.05) is 0 Å². The van der Waals surface area contributed by atoms with Gasteiger partial charge in [0, 0.05) is 36.0 Å². The van der Waals surface area contributed by atoms with E-state index >= 15 is 0 Å². The molecule has 3 heterocycles. The maximum Gasteiger partial charge on any atom is 0.280 e. The van der Waals surface area contributed by atoms with Gasteiger partial charge in [-0.15, -0.1) is 11.3 Å². The largest absolute Gasteiger partial charge is 0.350 e. The Morgan fingerprint density at radius 3 is 2.80 bits per heavy atom. The van der Waals surface area contributed by atoms with E-state index in [9.17, 15) is 14.4 Å². The summed E-state index contributed by atoms with van der Waals surface area (Å²) in [6, 6.07) is 4.79. The second-order valence-electron chi connectivity index (χ2n) is 6.55. The molecule has 1 aliphatic rings. The molecule has 0 saturated heterocycles. The normalized spacial score (nSPS) is 13.0. The molecular weight excluding hydrogens is 408 g/mol. The average Bonchev–Trinajstić information content (AvgIpc) is 3.45. The first-order chi connectivity index (χ1) is 14.6. The van der Waals surface area contributed by atoms with Gasteiger partial charge in [0.1, 0.15) is 11.5 Å². The van der Waals surface area contributed by atoms with Crippen molar-refractivity contribution < 1.29 is 14.4 Å². The Morgan fingerprint density at radius 1 is 1.27 bits per heavy atom. The van der Waals surface area contributed by atoms with Crippen LogP contribution in [0.2, 0.25) is 0 Å². The summed E-state index contributed by atoms with van der Waals surface area (Å²) in [5.74, 6) is -0.393. The van der Waals surface area contributed by atoms with Gasteiger partial charge in [-0.05, 0) is 25.0 Å². The van der Waals surface area contributed by atoms with E-state index in [2.05, 4.69) is 26.1 Å². The van der Waals surface area contributed by atoms with Crippen LogP contribution in [0.15, 0.2) is 47.0 Å². The van der Waals surface area contributed by atoms with Crippen molar-refractivity contribution in [1.29, 1.82) is 0 Å². The number of hydroxylamine groups is 1. The van der Waals surface area contributed by atoms with Crippen LogP contribution in [0.5, 0.6) is 0 Å². The Kier molecular flexibility index (Phi) is 5.55. The molecule has 30 heavy (non-hydrogen) atoms. The smallest absolute Gasteiger partial charge is 0.280 e. The van der Waals surface area contributed by atoms with Crippen molar-refractivity contribution in [3.05, 3.63) is 58.1 Å². The topological polar surface area (TPSA) is 127 Å². The monoisotopic (exact) mass is 426 g/mol. The molecule has 3 aromatic rings. The lowest BCUT2D eigenvalue weighted by Crippen LogP contribution is -2.25. The van der Waals surface area contributed by atoms with E-state index in [0.717, 1.165) is 12.8 Å². The summed E-state index contributed by atoms with van der Waals surface area (Å²) >= 11 is 1.32. The molecular formula is C19H18N6O4S. The number of thiazole rings is 1. The quantitative estimate of drug-likeness (QED) is 0.494. The van der Waals surface area contributed by atoms with Crippen LogP contribution in [0.25, 0.3) is 5.13 Å². The average molecular weight is 426 g/mol. The fourth-order valence-electron chi connectivity index (χ4n) is 2.75. The molecule has 0 aromatic carbocycles. The second-order valence-corrected chi connectivity index (χ2v) is 7.42. The standard InChI is InChI=1S/C19H18N6O4S/c1-29-24-17(27)12-10-21-15(23-16(26)11-4-5-11)9-14(12)22-13-3-2-7-25(18(13)28)19-20-6-8-30-19/h2-3,6-11H,4-5H2,1H3,(H,24,27)(H2,21,22,23,26). The second kappa shape index (κ2) is 8.43. The summed E-state index contributed by atoms with van der Waals surface area (Å²) in [6.07, 6.45) is 6.23. The minimum absolute atomic E-state index is 0.000650. The zero-order chi connectivity index (χ0) is 21.1. The molecule has 11 heteroatoms. The fraction of sp³-hybridized carbons (Fsp3) is 0.211. The van der Waals surface area contributed by atoms with Gasteiger partial charge in [-0.1, -0.05) is 0 Å². The summed E-state index contributed by atoms with van der Waals surface area (Å²) in [7, 11) is 1.31. The third-order valence-electron chi connectivity index (χ3n) is 4.38. The van der Waals surface area contributed by atoms with Crippen LogP contribution < -0.4 is 21.7 Å². The molecule has 154 valence electrons. The van der Waals surface area contributed by atoms with Crippen molar-refractivity contribution in [3.63, 3.8) is 0 Å². The number of anilines is 3. The first-order valence-corrected chi connectivity index (χ1v) is 9.97. The summed E-state index contributed by atoms with van der Waals surface area (Å²) in [4.78, 5) is 50.3. The number of nitrogens with one attached hydrogen (secondary N) is 3. The van der Waals surface area contributed by atoms with Crippen molar-refractivity contribution in [3.8, 4) is 5.13 Å². The Hall–Kier alpha value is -3.57. The number of amides is 2. The first kappa shape index (κ1) is 19.7. The molecule has 2 amide bonds. The Bertz CT molecular complexity index is 1140. The molecule has 3 N–H and O–H groups in total. The summed E-state index contributed by atoms with van der Waals surface area (Å²) in [5, 5.41) is 8.00. The van der Waals surface area contributed by atoms with E-state index in [0.29, 0.717) is 10.8 Å². The summed E-state index contributed by atoms with van der Waals surface area (Å²) in [5.41, 5.74) is 2.55. The third-order valence-corrected chi connectivity index (χ3v) is 5.16. The van der Waals surface area contributed by atoms with Crippen molar-refractivity contribution in [1.82, 2.24) is 20.0 Å². The van der Waals surface area contributed by atoms with Crippen molar-refractivity contribution in [2.45, 2.75) is 12.8 Å². The SMILES string of the molecule is CONC(=O)c1cnc(NC(=O)C2CC2)cc1Nc1cccn(-c2nccs2)c1=O. The van der Waals surface area contributed by atoms with Gasteiger partial charge >= 0.3 is 0 Å². The number of carbonyl (C=O) groups excluding carboxylic acids is 2. The lowest BCUT2D eigenvalue weighted by Gasteiger charge is -2.14. The van der Waals surface area contributed by atoms with Crippen LogP contribution in [0.3, 0.4) is 0 Å². The van der Waals surface area contributed by atoms with Gasteiger partial charge < -0.3 is 10.6 Å². The molecule has 0 unspecified atom stereocenters. The number of nitrogens with zero attached hydrogens (tertiary/aromatic N) is 3. The molecule has 3 aromatic heterocycles. The van der Waals surface area contributed by atoms with Gasteiger partial charge in [0.15, 0.2) is 5.13 Å². The van der Waals surface area contributed by atoms with Gasteiger partial charge in [-0.3, -0.25) is 23.8 Å². The predicted molar refractivity (Wildman–Crippen MR) is 111 cm³/mol. The highest BCUT2D eigenvalue weighted by Gasteiger charge is 2.30. The molecule has 1 fully saturated rings. The highest BCUT2D eigenvalue weighted by Crippen LogP contribution is 2.30. The molecule has 0 radical (unpaired) electrons. The Morgan fingerprint density at radius 2 is 2.10 bits per heavy atom. The molecule has 0 spiro atoms. The maximum atomic E-state index is 12.9. The van der Waals surface area contributed by atoms with Gasteiger partial charge in [0.05, 0.1) is 18.4 Å². The molecule has 0 aliphatic heterocycles. The van der Waals surface area contributed by atoms with E-state index in [4.69, 9.17) is 4.84 Å². The Balaban J connectivity index is 1.69. The van der Waals surface area contributed by atoms with Crippen LogP contribution in [0, 0.1) is 5.92 Å². The first-order valence-electron chi connectivity index (χ1n) is 9.09. The van der Waals surface area contributed by atoms with E-state index in [1.165, 1.54) is 35.3 Å². The van der Waals surface area contributed by atoms with Crippen LogP contribution in [-0.2, 0) is 9.63 Å². The lowest BCUT2D eigenvalue weighted by molar-refractivity contribution is -0.117. The van der Waals surface area contributed by atoms with Crippen molar-refractivity contribution >= 4 is 40.3 Å². The van der Waals surface area contributed by atoms with Crippen LogP contribution in [0.1, 0.15) is 23.2 Å². The van der Waals surface area contributed by atoms with Gasteiger partial charge in [-0.25, -0.2) is 15.4 Å². The van der Waals surface area contributed by atoms with Gasteiger partial charge in [-0.2, -0.15) is 0 Å². The number of hydrogen-bond acceptors (Lipinski definition) is 8. The van der Waals surface area contributed by atoms with E-state index in [-0.39, 0.29) is 34.5 Å².